The Morgan fingerprint density at radius 3 is 2.71 bits per heavy atom. The van der Waals surface area contributed by atoms with Crippen molar-refractivity contribution in [2.45, 2.75) is 6.92 Å². The maximum absolute atomic E-state index is 12.6. The highest BCUT2D eigenvalue weighted by Crippen LogP contribution is 2.27. The molecule has 0 fully saturated rings. The van der Waals surface area contributed by atoms with E-state index in [1.807, 2.05) is 13.0 Å². The predicted octanol–water partition coefficient (Wildman–Crippen LogP) is 4.54. The third-order valence-corrected chi connectivity index (χ3v) is 4.18. The molecule has 2 aromatic heterocycles. The quantitative estimate of drug-likeness (QED) is 0.532. The lowest BCUT2D eigenvalue weighted by atomic mass is 10.1. The molecule has 0 saturated carbocycles. The van der Waals surface area contributed by atoms with Crippen LogP contribution in [0.25, 0.3) is 11.0 Å². The number of para-hydroxylation sites is 1. The van der Waals surface area contributed by atoms with Crippen LogP contribution < -0.4 is 15.7 Å². The van der Waals surface area contributed by atoms with Gasteiger partial charge in [-0.05, 0) is 55.0 Å². The average Bonchev–Trinajstić information content (AvgIpc) is 2.70. The molecule has 0 aliphatic carbocycles. The zero-order valence-corrected chi connectivity index (χ0v) is 15.0. The molecule has 0 aliphatic heterocycles. The lowest BCUT2D eigenvalue weighted by Crippen LogP contribution is -2.20. The molecule has 0 atom stereocenters. The zero-order chi connectivity index (χ0) is 19.5. The second kappa shape index (κ2) is 7.36. The van der Waals surface area contributed by atoms with Crippen LogP contribution in [0.1, 0.15) is 15.9 Å². The number of benzene rings is 2. The van der Waals surface area contributed by atoms with E-state index in [-0.39, 0.29) is 5.56 Å². The first kappa shape index (κ1) is 17.5. The molecule has 0 spiro atoms. The molecule has 0 unspecified atom stereocenters. The molecule has 6 heteroatoms. The minimum atomic E-state index is -0.676. The minimum absolute atomic E-state index is 0.0490. The lowest BCUT2D eigenvalue weighted by Gasteiger charge is -2.11. The van der Waals surface area contributed by atoms with Crippen LogP contribution in [0.3, 0.4) is 0 Å². The van der Waals surface area contributed by atoms with Crippen LogP contribution in [0.5, 0.6) is 11.5 Å². The van der Waals surface area contributed by atoms with E-state index < -0.39 is 11.5 Å². The summed E-state index contributed by atoms with van der Waals surface area (Å²) in [6, 6.07) is 17.4. The van der Waals surface area contributed by atoms with Crippen molar-refractivity contribution < 1.29 is 13.9 Å². The topological polar surface area (TPSA) is 81.4 Å². The number of carbonyl (C=O) groups excluding carboxylic acids is 1. The summed E-state index contributed by atoms with van der Waals surface area (Å²) in [5.74, 6) is 0.743. The predicted molar refractivity (Wildman–Crippen MR) is 106 cm³/mol. The Labute approximate surface area is 160 Å². The number of carbonyl (C=O) groups is 1. The number of hydrogen-bond acceptors (Lipinski definition) is 5. The Morgan fingerprint density at radius 2 is 1.93 bits per heavy atom. The van der Waals surface area contributed by atoms with Gasteiger partial charge in [0.25, 0.3) is 5.91 Å². The summed E-state index contributed by atoms with van der Waals surface area (Å²) in [7, 11) is 0. The Balaban J connectivity index is 1.56. The summed E-state index contributed by atoms with van der Waals surface area (Å²) >= 11 is 0. The van der Waals surface area contributed by atoms with Crippen LogP contribution >= 0.6 is 0 Å². The normalized spacial score (nSPS) is 10.6. The summed E-state index contributed by atoms with van der Waals surface area (Å²) in [5, 5.41) is 3.41. The van der Waals surface area contributed by atoms with E-state index in [1.54, 1.807) is 60.9 Å². The van der Waals surface area contributed by atoms with Gasteiger partial charge in [0, 0.05) is 17.3 Å². The van der Waals surface area contributed by atoms with E-state index in [0.29, 0.717) is 28.2 Å². The fourth-order valence-electron chi connectivity index (χ4n) is 2.79. The van der Waals surface area contributed by atoms with Crippen LogP contribution in [0, 0.1) is 6.92 Å². The second-order valence-corrected chi connectivity index (χ2v) is 6.21. The maximum Gasteiger partial charge on any atom is 0.349 e. The first-order chi connectivity index (χ1) is 13.6. The molecule has 2 aromatic carbocycles. The molecule has 2 heterocycles. The largest absolute Gasteiger partial charge is 0.455 e. The van der Waals surface area contributed by atoms with Crippen LogP contribution in [0.4, 0.5) is 5.69 Å². The summed E-state index contributed by atoms with van der Waals surface area (Å²) in [5.41, 5.74) is 1.09. The Hall–Kier alpha value is -3.93. The average molecular weight is 372 g/mol. The zero-order valence-electron chi connectivity index (χ0n) is 15.0. The number of amides is 1. The van der Waals surface area contributed by atoms with Gasteiger partial charge in [-0.2, -0.15) is 0 Å². The van der Waals surface area contributed by atoms with Gasteiger partial charge in [0.15, 0.2) is 0 Å². The number of pyridine rings is 1. The minimum Gasteiger partial charge on any atom is -0.455 e. The molecule has 0 bridgehead atoms. The first-order valence-electron chi connectivity index (χ1n) is 8.63. The standard InChI is InChI=1S/C22H16N2O4/c1-14-11-16(8-9-19(14)27-17-6-4-10-23-13-17)24-21(25)18-12-15-5-2-3-7-20(15)28-22(18)26/h2-13H,1H3,(H,24,25). The molecule has 1 N–H and O–H groups in total. The third-order valence-electron chi connectivity index (χ3n) is 4.18. The summed E-state index contributed by atoms with van der Waals surface area (Å²) < 4.78 is 11.0. The highest BCUT2D eigenvalue weighted by Gasteiger charge is 2.14. The van der Waals surface area contributed by atoms with Gasteiger partial charge in [0.05, 0.1) is 6.20 Å². The van der Waals surface area contributed by atoms with Gasteiger partial charge in [0.1, 0.15) is 22.6 Å². The smallest absolute Gasteiger partial charge is 0.349 e. The summed E-state index contributed by atoms with van der Waals surface area (Å²) in [6.07, 6.45) is 3.29. The van der Waals surface area contributed by atoms with E-state index >= 15 is 0 Å². The molecule has 1 amide bonds. The Kier molecular flexibility index (Phi) is 4.60. The van der Waals surface area contributed by atoms with Gasteiger partial charge in [-0.3, -0.25) is 9.78 Å². The van der Waals surface area contributed by atoms with Crippen molar-refractivity contribution in [1.29, 1.82) is 0 Å². The summed E-state index contributed by atoms with van der Waals surface area (Å²) in [4.78, 5) is 28.7. The van der Waals surface area contributed by atoms with Crippen molar-refractivity contribution in [3.05, 3.63) is 94.6 Å². The monoisotopic (exact) mass is 372 g/mol. The number of rotatable bonds is 4. The van der Waals surface area contributed by atoms with Crippen molar-refractivity contribution in [1.82, 2.24) is 4.98 Å². The number of nitrogens with zero attached hydrogens (tertiary/aromatic N) is 1. The fourth-order valence-corrected chi connectivity index (χ4v) is 2.79. The molecule has 138 valence electrons. The Bertz CT molecular complexity index is 1220. The molecule has 0 aliphatic rings. The van der Waals surface area contributed by atoms with Crippen molar-refractivity contribution in [2.24, 2.45) is 0 Å². The molecule has 0 radical (unpaired) electrons. The second-order valence-electron chi connectivity index (χ2n) is 6.21. The number of aryl methyl sites for hydroxylation is 1. The number of fused-ring (bicyclic) bond motifs is 1. The molecule has 0 saturated heterocycles. The van der Waals surface area contributed by atoms with E-state index in [1.165, 1.54) is 6.07 Å². The fraction of sp³-hybridized carbons (Fsp3) is 0.0455. The lowest BCUT2D eigenvalue weighted by molar-refractivity contribution is 0.102. The van der Waals surface area contributed by atoms with Crippen LogP contribution in [-0.2, 0) is 0 Å². The highest BCUT2D eigenvalue weighted by molar-refractivity contribution is 6.05. The molecule has 28 heavy (non-hydrogen) atoms. The SMILES string of the molecule is Cc1cc(NC(=O)c2cc3ccccc3oc2=O)ccc1Oc1cccnc1. The summed E-state index contributed by atoms with van der Waals surface area (Å²) in [6.45, 7) is 1.87. The van der Waals surface area contributed by atoms with Crippen LogP contribution in [0.2, 0.25) is 0 Å². The van der Waals surface area contributed by atoms with Gasteiger partial charge in [-0.25, -0.2) is 4.79 Å². The molecular formula is C22H16N2O4. The van der Waals surface area contributed by atoms with Gasteiger partial charge in [-0.15, -0.1) is 0 Å². The van der Waals surface area contributed by atoms with Gasteiger partial charge >= 0.3 is 5.63 Å². The van der Waals surface area contributed by atoms with Gasteiger partial charge in [0.2, 0.25) is 0 Å². The number of aromatic nitrogens is 1. The number of hydrogen-bond donors (Lipinski definition) is 1. The third kappa shape index (κ3) is 3.61. The van der Waals surface area contributed by atoms with E-state index in [2.05, 4.69) is 10.3 Å². The number of ether oxygens (including phenoxy) is 1. The Morgan fingerprint density at radius 1 is 1.07 bits per heavy atom. The van der Waals surface area contributed by atoms with Crippen LogP contribution in [0.15, 0.2) is 82.3 Å². The highest BCUT2D eigenvalue weighted by atomic mass is 16.5. The van der Waals surface area contributed by atoms with E-state index in [0.717, 1.165) is 5.56 Å². The van der Waals surface area contributed by atoms with Crippen molar-refractivity contribution >= 4 is 22.6 Å². The first-order valence-corrected chi connectivity index (χ1v) is 8.63. The number of nitrogens with one attached hydrogen (secondary N) is 1. The molecule has 6 nitrogen and oxygen atoms in total. The van der Waals surface area contributed by atoms with Gasteiger partial charge in [-0.1, -0.05) is 18.2 Å². The van der Waals surface area contributed by atoms with Crippen molar-refractivity contribution in [3.8, 4) is 11.5 Å². The number of anilines is 1. The molecule has 4 rings (SSSR count). The maximum atomic E-state index is 12.6. The molecule has 4 aromatic rings. The van der Waals surface area contributed by atoms with E-state index in [4.69, 9.17) is 9.15 Å². The van der Waals surface area contributed by atoms with Crippen LogP contribution in [-0.4, -0.2) is 10.9 Å². The van der Waals surface area contributed by atoms with Gasteiger partial charge < -0.3 is 14.5 Å². The molecular weight excluding hydrogens is 356 g/mol. The van der Waals surface area contributed by atoms with Crippen molar-refractivity contribution in [2.75, 3.05) is 5.32 Å². The van der Waals surface area contributed by atoms with E-state index in [9.17, 15) is 9.59 Å². The van der Waals surface area contributed by atoms with Crippen molar-refractivity contribution in [3.63, 3.8) is 0 Å².